The third-order valence-corrected chi connectivity index (χ3v) is 7.33. The van der Waals surface area contributed by atoms with Gasteiger partial charge in [0.2, 0.25) is 21.1 Å². The van der Waals surface area contributed by atoms with E-state index in [1.165, 1.54) is 22.5 Å². The average Bonchev–Trinajstić information content (AvgIpc) is 3.31. The minimum Gasteiger partial charge on any atom is -0.335 e. The van der Waals surface area contributed by atoms with E-state index in [0.29, 0.717) is 24.9 Å². The Morgan fingerprint density at radius 2 is 1.93 bits per heavy atom. The molecule has 1 aromatic carbocycles. The number of hydrogen-bond donors (Lipinski definition) is 2. The summed E-state index contributed by atoms with van der Waals surface area (Å²) < 4.78 is 65.0. The van der Waals surface area contributed by atoms with Crippen molar-refractivity contribution < 1.29 is 26.4 Å². The lowest BCUT2D eigenvalue weighted by molar-refractivity contribution is -0.146. The van der Waals surface area contributed by atoms with Gasteiger partial charge in [0.25, 0.3) is 5.82 Å². The highest BCUT2D eigenvalue weighted by molar-refractivity contribution is 7.99. The number of anilines is 1. The van der Waals surface area contributed by atoms with Gasteiger partial charge in [-0.3, -0.25) is 4.79 Å². The predicted octanol–water partition coefficient (Wildman–Crippen LogP) is 2.18. The van der Waals surface area contributed by atoms with Gasteiger partial charge in [0.15, 0.2) is 0 Å². The molecule has 1 fully saturated rings. The van der Waals surface area contributed by atoms with Gasteiger partial charge >= 0.3 is 6.18 Å². The van der Waals surface area contributed by atoms with E-state index in [0.717, 1.165) is 12.8 Å². The van der Waals surface area contributed by atoms with Crippen LogP contribution in [-0.4, -0.2) is 52.3 Å². The summed E-state index contributed by atoms with van der Waals surface area (Å²) >= 11 is 6.67. The van der Waals surface area contributed by atoms with Gasteiger partial charge in [-0.05, 0) is 31.0 Å². The molecule has 0 unspecified atom stereocenters. The lowest BCUT2D eigenvalue weighted by Crippen LogP contribution is -2.28. The zero-order valence-electron chi connectivity index (χ0n) is 15.2. The topological polar surface area (TPSA) is 123 Å². The molecule has 2 heterocycles. The molecular formula is C15H16ClF3N6O3S2. The molecule has 0 saturated carbocycles. The van der Waals surface area contributed by atoms with Gasteiger partial charge in [-0.1, -0.05) is 23.4 Å². The fourth-order valence-electron chi connectivity index (χ4n) is 2.72. The van der Waals surface area contributed by atoms with Crippen molar-refractivity contribution in [1.29, 1.82) is 0 Å². The first-order valence-corrected chi connectivity index (χ1v) is 11.3. The summed E-state index contributed by atoms with van der Waals surface area (Å²) in [5.74, 6) is 2.91. The second-order valence-corrected chi connectivity index (χ2v) is 9.55. The normalized spacial score (nSPS) is 15.5. The van der Waals surface area contributed by atoms with Crippen LogP contribution in [0.1, 0.15) is 18.7 Å². The number of nitrogen functional groups attached to an aromatic ring is 1. The molecule has 0 atom stereocenters. The van der Waals surface area contributed by atoms with E-state index >= 15 is 0 Å². The Labute approximate surface area is 178 Å². The van der Waals surface area contributed by atoms with Crippen LogP contribution < -0.4 is 11.2 Å². The largest absolute Gasteiger partial charge is 0.453 e. The first-order valence-electron chi connectivity index (χ1n) is 8.50. The van der Waals surface area contributed by atoms with E-state index in [9.17, 15) is 26.4 Å². The number of halogens is 4. The van der Waals surface area contributed by atoms with Crippen molar-refractivity contribution >= 4 is 45.0 Å². The Bertz CT molecular complexity index is 1050. The summed E-state index contributed by atoms with van der Waals surface area (Å²) in [6.07, 6.45) is -3.23. The Morgan fingerprint density at radius 3 is 2.53 bits per heavy atom. The molecule has 164 valence electrons. The molecule has 3 N–H and O–H groups in total. The van der Waals surface area contributed by atoms with Gasteiger partial charge < -0.3 is 11.2 Å². The molecule has 15 heteroatoms. The van der Waals surface area contributed by atoms with Crippen molar-refractivity contribution in [2.45, 2.75) is 29.1 Å². The van der Waals surface area contributed by atoms with Crippen LogP contribution in [0.25, 0.3) is 0 Å². The zero-order valence-corrected chi connectivity index (χ0v) is 17.6. The Balaban J connectivity index is 1.69. The maximum absolute atomic E-state index is 12.7. The summed E-state index contributed by atoms with van der Waals surface area (Å²) in [7, 11) is -3.71. The minimum absolute atomic E-state index is 0.0201. The van der Waals surface area contributed by atoms with Gasteiger partial charge in [-0.25, -0.2) is 13.1 Å². The first-order chi connectivity index (χ1) is 14.0. The van der Waals surface area contributed by atoms with Crippen molar-refractivity contribution in [2.24, 2.45) is 0 Å². The lowest BCUT2D eigenvalue weighted by Gasteiger charge is -2.16. The summed E-state index contributed by atoms with van der Waals surface area (Å²) in [5, 5.41) is 8.51. The fourth-order valence-corrected chi connectivity index (χ4v) is 5.09. The Morgan fingerprint density at radius 1 is 1.27 bits per heavy atom. The summed E-state index contributed by atoms with van der Waals surface area (Å²) in [6.45, 7) is 0.839. The number of aromatic nitrogens is 3. The molecule has 0 bridgehead atoms. The molecule has 1 aliphatic heterocycles. The SMILES string of the molecule is Nn1c(SCC(=O)Nc2cc(S(=O)(=O)N3CCCC3)ccc2Cl)nnc1C(F)(F)F. The number of sulfonamides is 1. The van der Waals surface area contributed by atoms with Crippen molar-refractivity contribution in [1.82, 2.24) is 19.2 Å². The van der Waals surface area contributed by atoms with E-state index < -0.39 is 27.9 Å². The van der Waals surface area contributed by atoms with Gasteiger partial charge in [-0.15, -0.1) is 10.2 Å². The summed E-state index contributed by atoms with van der Waals surface area (Å²) in [6, 6.07) is 3.93. The lowest BCUT2D eigenvalue weighted by atomic mass is 10.3. The molecule has 0 radical (unpaired) electrons. The molecule has 1 saturated heterocycles. The van der Waals surface area contributed by atoms with Crippen molar-refractivity contribution in [2.75, 3.05) is 30.0 Å². The highest BCUT2D eigenvalue weighted by Crippen LogP contribution is 2.30. The van der Waals surface area contributed by atoms with Gasteiger partial charge in [0.1, 0.15) is 0 Å². The molecule has 1 aromatic heterocycles. The number of rotatable bonds is 6. The Hall–Kier alpha value is -2.03. The molecule has 30 heavy (non-hydrogen) atoms. The number of alkyl halides is 3. The first kappa shape index (κ1) is 22.7. The minimum atomic E-state index is -4.78. The Kier molecular flexibility index (Phi) is 6.50. The molecule has 1 amide bonds. The van der Waals surface area contributed by atoms with Crippen LogP contribution in [-0.2, 0) is 21.0 Å². The van der Waals surface area contributed by atoms with Crippen LogP contribution in [0.2, 0.25) is 5.02 Å². The molecule has 9 nitrogen and oxygen atoms in total. The van der Waals surface area contributed by atoms with E-state index in [1.807, 2.05) is 0 Å². The second kappa shape index (κ2) is 8.61. The maximum atomic E-state index is 12.7. The van der Waals surface area contributed by atoms with Crippen LogP contribution >= 0.6 is 23.4 Å². The van der Waals surface area contributed by atoms with E-state index in [4.69, 9.17) is 17.4 Å². The van der Waals surface area contributed by atoms with Crippen LogP contribution in [0.4, 0.5) is 18.9 Å². The predicted molar refractivity (Wildman–Crippen MR) is 104 cm³/mol. The number of hydrogen-bond acceptors (Lipinski definition) is 7. The van der Waals surface area contributed by atoms with Crippen molar-refractivity contribution in [3.05, 3.63) is 29.0 Å². The monoisotopic (exact) mass is 484 g/mol. The molecule has 0 spiro atoms. The van der Waals surface area contributed by atoms with E-state index in [1.54, 1.807) is 0 Å². The number of amides is 1. The third kappa shape index (κ3) is 4.82. The number of carbonyl (C=O) groups excluding carboxylic acids is 1. The second-order valence-electron chi connectivity index (χ2n) is 6.26. The van der Waals surface area contributed by atoms with Gasteiger partial charge in [0, 0.05) is 13.1 Å². The maximum Gasteiger partial charge on any atom is 0.453 e. The zero-order chi connectivity index (χ0) is 22.1. The van der Waals surface area contributed by atoms with E-state index in [2.05, 4.69) is 15.5 Å². The molecular weight excluding hydrogens is 469 g/mol. The third-order valence-electron chi connectivity index (χ3n) is 4.17. The fraction of sp³-hybridized carbons (Fsp3) is 0.400. The van der Waals surface area contributed by atoms with Gasteiger partial charge in [-0.2, -0.15) is 17.5 Å². The number of thioether (sulfide) groups is 1. The van der Waals surface area contributed by atoms with Crippen LogP contribution in [0.5, 0.6) is 0 Å². The summed E-state index contributed by atoms with van der Waals surface area (Å²) in [4.78, 5) is 12.2. The van der Waals surface area contributed by atoms with Crippen LogP contribution in [0.15, 0.2) is 28.3 Å². The highest BCUT2D eigenvalue weighted by atomic mass is 35.5. The highest BCUT2D eigenvalue weighted by Gasteiger charge is 2.38. The number of nitrogens with two attached hydrogens (primary N) is 1. The quantitative estimate of drug-likeness (QED) is 0.475. The smallest absolute Gasteiger partial charge is 0.335 e. The van der Waals surface area contributed by atoms with Crippen LogP contribution in [0.3, 0.4) is 0 Å². The number of nitrogens with one attached hydrogen (secondary N) is 1. The molecule has 0 aliphatic carbocycles. The van der Waals surface area contributed by atoms with Crippen molar-refractivity contribution in [3.63, 3.8) is 0 Å². The molecule has 2 aromatic rings. The standard InChI is InChI=1S/C15H16ClF3N6O3S2/c16-10-4-3-9(30(27,28)24-5-1-2-6-24)7-11(10)21-12(26)8-29-14-23-22-13(25(14)20)15(17,18)19/h3-4,7H,1-2,5-6,8,20H2,(H,21,26). The van der Waals surface area contributed by atoms with E-state index in [-0.39, 0.29) is 31.2 Å². The van der Waals surface area contributed by atoms with Gasteiger partial charge in [0.05, 0.1) is 21.4 Å². The van der Waals surface area contributed by atoms with Crippen molar-refractivity contribution in [3.8, 4) is 0 Å². The number of nitrogens with zero attached hydrogens (tertiary/aromatic N) is 4. The number of carbonyl (C=O) groups is 1. The average molecular weight is 485 g/mol. The van der Waals surface area contributed by atoms with Crippen LogP contribution in [0, 0.1) is 0 Å². The number of benzene rings is 1. The summed E-state index contributed by atoms with van der Waals surface area (Å²) in [5.41, 5.74) is 0.0627. The molecule has 1 aliphatic rings. The molecule has 3 rings (SSSR count).